The number of aryl methyl sites for hydroxylation is 2. The van der Waals surface area contributed by atoms with Crippen LogP contribution in [0.15, 0.2) is 36.4 Å². The zero-order valence-electron chi connectivity index (χ0n) is 11.2. The second kappa shape index (κ2) is 4.66. The van der Waals surface area contributed by atoms with Crippen LogP contribution in [0.2, 0.25) is 5.02 Å². The molecular formula is C16H12ClN3. The summed E-state index contributed by atoms with van der Waals surface area (Å²) >= 11 is 6.18. The number of aromatic nitrogens is 2. The summed E-state index contributed by atoms with van der Waals surface area (Å²) in [6, 6.07) is 13.6. The molecule has 3 nitrogen and oxygen atoms in total. The van der Waals surface area contributed by atoms with Crippen molar-refractivity contribution >= 4 is 22.6 Å². The lowest BCUT2D eigenvalue weighted by Gasteiger charge is -2.04. The van der Waals surface area contributed by atoms with Crippen LogP contribution in [-0.4, -0.2) is 9.55 Å². The van der Waals surface area contributed by atoms with Gasteiger partial charge in [0.1, 0.15) is 5.82 Å². The van der Waals surface area contributed by atoms with Crippen LogP contribution in [-0.2, 0) is 7.05 Å². The molecule has 2 aromatic carbocycles. The number of fused-ring (bicyclic) bond motifs is 1. The van der Waals surface area contributed by atoms with Crippen LogP contribution in [0.1, 0.15) is 11.1 Å². The van der Waals surface area contributed by atoms with E-state index in [0.717, 1.165) is 33.0 Å². The van der Waals surface area contributed by atoms with E-state index >= 15 is 0 Å². The fourth-order valence-electron chi connectivity index (χ4n) is 2.26. The lowest BCUT2D eigenvalue weighted by molar-refractivity contribution is 0.959. The number of rotatable bonds is 1. The minimum Gasteiger partial charge on any atom is -0.327 e. The summed E-state index contributed by atoms with van der Waals surface area (Å²) in [5.74, 6) is 0.844. The zero-order chi connectivity index (χ0) is 14.3. The SMILES string of the molecule is Cc1ccc(-c2nc3cc(C#N)ccc3n2C)cc1Cl. The number of halogens is 1. The molecule has 1 heterocycles. The van der Waals surface area contributed by atoms with Gasteiger partial charge in [-0.25, -0.2) is 4.98 Å². The molecule has 0 radical (unpaired) electrons. The maximum atomic E-state index is 8.96. The number of hydrogen-bond acceptors (Lipinski definition) is 2. The Kier molecular flexibility index (Phi) is 2.96. The van der Waals surface area contributed by atoms with E-state index in [1.807, 2.05) is 42.8 Å². The van der Waals surface area contributed by atoms with Crippen molar-refractivity contribution < 1.29 is 0 Å². The maximum Gasteiger partial charge on any atom is 0.140 e. The summed E-state index contributed by atoms with van der Waals surface area (Å²) in [7, 11) is 1.96. The Hall–Kier alpha value is -2.31. The van der Waals surface area contributed by atoms with Crippen molar-refractivity contribution in [1.29, 1.82) is 5.26 Å². The molecule has 0 aliphatic rings. The minimum absolute atomic E-state index is 0.615. The fourth-order valence-corrected chi connectivity index (χ4v) is 2.44. The summed E-state index contributed by atoms with van der Waals surface area (Å²) in [6.07, 6.45) is 0. The average Bonchev–Trinajstić information content (AvgIpc) is 2.78. The maximum absolute atomic E-state index is 8.96. The topological polar surface area (TPSA) is 41.6 Å². The zero-order valence-corrected chi connectivity index (χ0v) is 11.9. The van der Waals surface area contributed by atoms with E-state index in [1.54, 1.807) is 12.1 Å². The van der Waals surface area contributed by atoms with Gasteiger partial charge in [0.15, 0.2) is 0 Å². The first-order valence-electron chi connectivity index (χ1n) is 6.23. The first-order valence-corrected chi connectivity index (χ1v) is 6.61. The molecule has 98 valence electrons. The number of imidazole rings is 1. The van der Waals surface area contributed by atoms with Crippen molar-refractivity contribution in [3.63, 3.8) is 0 Å². The van der Waals surface area contributed by atoms with E-state index in [-0.39, 0.29) is 0 Å². The smallest absolute Gasteiger partial charge is 0.140 e. The molecule has 0 saturated carbocycles. The summed E-state index contributed by atoms with van der Waals surface area (Å²) in [5.41, 5.74) is 4.44. The standard InChI is InChI=1S/C16H12ClN3/c1-10-3-5-12(8-13(10)17)16-19-14-7-11(9-18)4-6-15(14)20(16)2/h3-8H,1-2H3. The van der Waals surface area contributed by atoms with E-state index in [4.69, 9.17) is 16.9 Å². The molecule has 0 unspecified atom stereocenters. The van der Waals surface area contributed by atoms with Gasteiger partial charge in [-0.2, -0.15) is 5.26 Å². The van der Waals surface area contributed by atoms with E-state index < -0.39 is 0 Å². The molecule has 3 aromatic rings. The first-order chi connectivity index (χ1) is 9.60. The average molecular weight is 282 g/mol. The van der Waals surface area contributed by atoms with Gasteiger partial charge in [-0.1, -0.05) is 23.7 Å². The van der Waals surface area contributed by atoms with Crippen LogP contribution in [0.25, 0.3) is 22.4 Å². The van der Waals surface area contributed by atoms with E-state index in [9.17, 15) is 0 Å². The molecule has 0 saturated heterocycles. The summed E-state index contributed by atoms with van der Waals surface area (Å²) < 4.78 is 2.01. The van der Waals surface area contributed by atoms with E-state index in [2.05, 4.69) is 11.1 Å². The first kappa shape index (κ1) is 12.7. The van der Waals surface area contributed by atoms with Crippen molar-refractivity contribution in [1.82, 2.24) is 9.55 Å². The van der Waals surface area contributed by atoms with E-state index in [0.29, 0.717) is 5.56 Å². The predicted octanol–water partition coefficient (Wildman–Crippen LogP) is 4.07. The van der Waals surface area contributed by atoms with Crippen LogP contribution in [0.3, 0.4) is 0 Å². The lowest BCUT2D eigenvalue weighted by atomic mass is 10.1. The van der Waals surface area contributed by atoms with Crippen LogP contribution >= 0.6 is 11.6 Å². The Bertz CT molecular complexity index is 856. The van der Waals surface area contributed by atoms with Gasteiger partial charge in [-0.15, -0.1) is 0 Å². The van der Waals surface area contributed by atoms with Crippen LogP contribution in [0.4, 0.5) is 0 Å². The molecule has 0 amide bonds. The summed E-state index contributed by atoms with van der Waals surface area (Å²) in [5, 5.41) is 9.68. The Morgan fingerprint density at radius 1 is 1.20 bits per heavy atom. The van der Waals surface area contributed by atoms with Gasteiger partial charge >= 0.3 is 0 Å². The van der Waals surface area contributed by atoms with Crippen molar-refractivity contribution in [2.45, 2.75) is 6.92 Å². The minimum atomic E-state index is 0.615. The quantitative estimate of drug-likeness (QED) is 0.674. The van der Waals surface area contributed by atoms with Crippen LogP contribution in [0, 0.1) is 18.3 Å². The van der Waals surface area contributed by atoms with Gasteiger partial charge in [-0.3, -0.25) is 0 Å². The third kappa shape index (κ3) is 1.95. The Balaban J connectivity index is 2.23. The number of nitriles is 1. The number of nitrogens with zero attached hydrogens (tertiary/aromatic N) is 3. The molecule has 0 bridgehead atoms. The third-order valence-corrected chi connectivity index (χ3v) is 3.85. The molecule has 20 heavy (non-hydrogen) atoms. The molecule has 0 aliphatic heterocycles. The molecule has 0 spiro atoms. The van der Waals surface area contributed by atoms with Crippen molar-refractivity contribution in [2.75, 3.05) is 0 Å². The van der Waals surface area contributed by atoms with Gasteiger partial charge in [0.25, 0.3) is 0 Å². The Morgan fingerprint density at radius 3 is 2.70 bits per heavy atom. The largest absolute Gasteiger partial charge is 0.327 e. The molecule has 0 atom stereocenters. The second-order valence-electron chi connectivity index (χ2n) is 4.77. The van der Waals surface area contributed by atoms with Gasteiger partial charge < -0.3 is 4.57 Å². The molecule has 0 N–H and O–H groups in total. The summed E-state index contributed by atoms with van der Waals surface area (Å²) in [6.45, 7) is 1.97. The summed E-state index contributed by atoms with van der Waals surface area (Å²) in [4.78, 5) is 4.62. The van der Waals surface area contributed by atoms with Gasteiger partial charge in [0.05, 0.1) is 22.7 Å². The van der Waals surface area contributed by atoms with E-state index in [1.165, 1.54) is 0 Å². The third-order valence-electron chi connectivity index (χ3n) is 3.44. The Morgan fingerprint density at radius 2 is 2.00 bits per heavy atom. The van der Waals surface area contributed by atoms with Crippen molar-refractivity contribution in [3.8, 4) is 17.5 Å². The lowest BCUT2D eigenvalue weighted by Crippen LogP contribution is -1.92. The van der Waals surface area contributed by atoms with Crippen molar-refractivity contribution in [3.05, 3.63) is 52.5 Å². The number of hydrogen-bond donors (Lipinski definition) is 0. The van der Waals surface area contributed by atoms with Crippen molar-refractivity contribution in [2.24, 2.45) is 7.05 Å². The van der Waals surface area contributed by atoms with Crippen LogP contribution in [0.5, 0.6) is 0 Å². The molecular weight excluding hydrogens is 270 g/mol. The van der Waals surface area contributed by atoms with Gasteiger partial charge in [0, 0.05) is 17.6 Å². The van der Waals surface area contributed by atoms with Crippen LogP contribution < -0.4 is 0 Å². The predicted molar refractivity (Wildman–Crippen MR) is 80.6 cm³/mol. The van der Waals surface area contributed by atoms with Gasteiger partial charge in [0.2, 0.25) is 0 Å². The number of benzene rings is 2. The highest BCUT2D eigenvalue weighted by atomic mass is 35.5. The fraction of sp³-hybridized carbons (Fsp3) is 0.125. The normalized spacial score (nSPS) is 10.7. The molecule has 0 aliphatic carbocycles. The highest BCUT2D eigenvalue weighted by Gasteiger charge is 2.11. The Labute approximate surface area is 122 Å². The monoisotopic (exact) mass is 281 g/mol. The highest BCUT2D eigenvalue weighted by Crippen LogP contribution is 2.27. The molecule has 0 fully saturated rings. The van der Waals surface area contributed by atoms with Gasteiger partial charge in [-0.05, 0) is 36.8 Å². The highest BCUT2D eigenvalue weighted by molar-refractivity contribution is 6.31. The second-order valence-corrected chi connectivity index (χ2v) is 5.18. The molecule has 1 aromatic heterocycles. The molecule has 4 heteroatoms. The molecule has 3 rings (SSSR count).